The lowest BCUT2D eigenvalue weighted by atomic mass is 10.8. The molecule has 0 rings (SSSR count). The highest BCUT2D eigenvalue weighted by Gasteiger charge is 0.839. The van der Waals surface area contributed by atoms with Crippen LogP contribution in [0.15, 0.2) is 0 Å². The van der Waals surface area contributed by atoms with Crippen LogP contribution in [0, 0.1) is 0 Å². The Morgan fingerprint density at radius 3 is 1.25 bits per heavy atom. The highest BCUT2D eigenvalue weighted by molar-refractivity contribution is 5.75. The fourth-order valence-electron chi connectivity index (χ4n) is 0. The lowest BCUT2D eigenvalue weighted by Gasteiger charge is -1.21. The number of hydrogen-bond acceptors (Lipinski definition) is 1. The smallest absolute Gasteiger partial charge is 0.0319 e. The second-order valence-electron chi connectivity index (χ2n) is 0. The van der Waals surface area contributed by atoms with Gasteiger partial charge in [0.25, 0.3) is 0 Å². The Labute approximate surface area is 27.3 Å². The first-order chi connectivity index (χ1) is 1.00. The summed E-state index contributed by atoms with van der Waals surface area (Å²) in [5.41, 5.74) is 0. The van der Waals surface area contributed by atoms with Crippen molar-refractivity contribution in [2.24, 2.45) is 0 Å². The number of rotatable bonds is 0. The van der Waals surface area contributed by atoms with E-state index >= 15 is 0 Å². The van der Waals surface area contributed by atoms with Crippen LogP contribution in [-0.4, -0.2) is 26.1 Å². The molecule has 0 aromatic carbocycles. The van der Waals surface area contributed by atoms with Crippen molar-refractivity contribution in [3.8, 4) is 0 Å². The van der Waals surface area contributed by atoms with E-state index in [2.05, 4.69) is 0 Å². The molecule has 0 spiro atoms. The first-order valence-corrected chi connectivity index (χ1v) is 0.447. The van der Waals surface area contributed by atoms with E-state index in [1.807, 2.05) is 0 Å². The molecule has 3 heteroatoms. The molecule has 0 atom stereocenters. The fraction of sp³-hybridized carbons (Fsp3) is 1.00. The maximum absolute atomic E-state index is 7.00. The molecule has 25 valence electrons. The molecule has 0 bridgehead atoms. The summed E-state index contributed by atoms with van der Waals surface area (Å²) >= 11 is 0. The summed E-state index contributed by atoms with van der Waals surface area (Å²) in [5, 5.41) is 7.00. The van der Waals surface area contributed by atoms with Crippen LogP contribution < -0.4 is 0 Å². The molecule has 4 heavy (non-hydrogen) atoms. The van der Waals surface area contributed by atoms with Gasteiger partial charge in [0.1, 0.15) is 0 Å². The first kappa shape index (κ1) is 36.6. The number of hydrogen-bond donors (Lipinski definition) is 1. The molecule has 0 aliphatic carbocycles. The van der Waals surface area contributed by atoms with E-state index in [4.69, 9.17) is 5.11 Å². The van der Waals surface area contributed by atoms with Crippen LogP contribution in [0.3, 0.4) is 0 Å². The van der Waals surface area contributed by atoms with Gasteiger partial charge in [-0.05, 0) is 0 Å². The van der Waals surface area contributed by atoms with Crippen molar-refractivity contribution >= 4 is 8.41 Å². The summed E-state index contributed by atoms with van der Waals surface area (Å²) in [6.07, 6.45) is 0. The number of aliphatic hydroxyl groups is 1. The molecular formula is CH6BO2. The maximum Gasteiger partial charge on any atom is 0.0319 e. The third-order valence-corrected chi connectivity index (χ3v) is 0. The summed E-state index contributed by atoms with van der Waals surface area (Å²) in [6.45, 7) is 0. The van der Waals surface area contributed by atoms with Gasteiger partial charge >= 0.3 is 0 Å². The minimum Gasteiger partial charge on any atom is -0.412 e. The molecule has 2 nitrogen and oxygen atoms in total. The second-order valence-corrected chi connectivity index (χ2v) is 0. The standard InChI is InChI=1S/CH4O.B.H2O/c1-2;;/h2H,1H3;;1H2. The Morgan fingerprint density at radius 2 is 1.25 bits per heavy atom. The van der Waals surface area contributed by atoms with Gasteiger partial charge in [-0.1, -0.05) is 0 Å². The summed E-state index contributed by atoms with van der Waals surface area (Å²) in [5.74, 6) is 0. The van der Waals surface area contributed by atoms with E-state index in [0.29, 0.717) is 0 Å². The van der Waals surface area contributed by atoms with Gasteiger partial charge in [0.15, 0.2) is 0 Å². The summed E-state index contributed by atoms with van der Waals surface area (Å²) in [6, 6.07) is 0. The maximum atomic E-state index is 7.00. The van der Waals surface area contributed by atoms with Gasteiger partial charge in [0.2, 0.25) is 0 Å². The van der Waals surface area contributed by atoms with E-state index in [-0.39, 0.29) is 13.9 Å². The average molecular weight is 60.9 g/mol. The van der Waals surface area contributed by atoms with Gasteiger partial charge in [-0.15, -0.1) is 0 Å². The third kappa shape index (κ3) is 8480. The lowest BCUT2D eigenvalue weighted by molar-refractivity contribution is 0.399. The quantitative estimate of drug-likeness (QED) is 0.337. The Bertz CT molecular complexity index is 6.00. The van der Waals surface area contributed by atoms with Gasteiger partial charge in [0.05, 0.1) is 0 Å². The lowest BCUT2D eigenvalue weighted by Crippen LogP contribution is -1.25. The predicted molar refractivity (Wildman–Crippen MR) is 17.5 cm³/mol. The molecule has 0 unspecified atom stereocenters. The minimum atomic E-state index is 0. The van der Waals surface area contributed by atoms with Crippen molar-refractivity contribution in [2.45, 2.75) is 0 Å². The minimum absolute atomic E-state index is 0. The monoisotopic (exact) mass is 61.0 g/mol. The van der Waals surface area contributed by atoms with Crippen molar-refractivity contribution in [3.63, 3.8) is 0 Å². The van der Waals surface area contributed by atoms with Crippen LogP contribution >= 0.6 is 0 Å². The molecule has 0 aromatic heterocycles. The van der Waals surface area contributed by atoms with E-state index < -0.39 is 0 Å². The van der Waals surface area contributed by atoms with E-state index in [9.17, 15) is 0 Å². The zero-order valence-electron chi connectivity index (χ0n) is 2.52. The molecule has 0 aromatic rings. The summed E-state index contributed by atoms with van der Waals surface area (Å²) in [7, 11) is 1.00. The van der Waals surface area contributed by atoms with Crippen molar-refractivity contribution in [1.82, 2.24) is 0 Å². The van der Waals surface area contributed by atoms with Crippen molar-refractivity contribution in [1.29, 1.82) is 0 Å². The van der Waals surface area contributed by atoms with Crippen molar-refractivity contribution in [2.75, 3.05) is 7.11 Å². The first-order valence-electron chi connectivity index (χ1n) is 0.447. The molecule has 0 saturated heterocycles. The van der Waals surface area contributed by atoms with Gasteiger partial charge in [-0.25, -0.2) is 0 Å². The highest BCUT2D eigenvalue weighted by atomic mass is 16.2. The van der Waals surface area contributed by atoms with Crippen LogP contribution in [0.25, 0.3) is 0 Å². The highest BCUT2D eigenvalue weighted by Crippen LogP contribution is 0.755. The van der Waals surface area contributed by atoms with Gasteiger partial charge in [0, 0.05) is 15.5 Å². The largest absolute Gasteiger partial charge is 0.412 e. The Morgan fingerprint density at radius 1 is 1.25 bits per heavy atom. The van der Waals surface area contributed by atoms with Crippen molar-refractivity contribution in [3.05, 3.63) is 0 Å². The molecule has 0 fully saturated rings. The molecule has 0 aliphatic rings. The van der Waals surface area contributed by atoms with Gasteiger partial charge in [-0.3, -0.25) is 0 Å². The van der Waals surface area contributed by atoms with Crippen LogP contribution in [-0.2, 0) is 0 Å². The normalized spacial score (nSPS) is 1.50. The molecule has 0 amide bonds. The Hall–Kier alpha value is -0.0151. The van der Waals surface area contributed by atoms with Crippen LogP contribution in [0.1, 0.15) is 0 Å². The van der Waals surface area contributed by atoms with E-state index in [1.165, 1.54) is 0 Å². The predicted octanol–water partition coefficient (Wildman–Crippen LogP) is -1.60. The SMILES string of the molecule is CO.O.[B]. The second kappa shape index (κ2) is 51800. The topological polar surface area (TPSA) is 51.7 Å². The zero-order chi connectivity index (χ0) is 2.00. The van der Waals surface area contributed by atoms with Crippen LogP contribution in [0.2, 0.25) is 0 Å². The van der Waals surface area contributed by atoms with Crippen LogP contribution in [0.5, 0.6) is 0 Å². The summed E-state index contributed by atoms with van der Waals surface area (Å²) in [4.78, 5) is 0. The van der Waals surface area contributed by atoms with E-state index in [1.54, 1.807) is 0 Å². The Kier molecular flexibility index (Phi) is 474000. The van der Waals surface area contributed by atoms with Gasteiger partial charge < -0.3 is 10.6 Å². The fourth-order valence-corrected chi connectivity index (χ4v) is 0. The summed E-state index contributed by atoms with van der Waals surface area (Å²) < 4.78 is 0. The van der Waals surface area contributed by atoms with Gasteiger partial charge in [-0.2, -0.15) is 0 Å². The van der Waals surface area contributed by atoms with Crippen LogP contribution in [0.4, 0.5) is 0 Å². The molecule has 3 N–H and O–H groups in total. The Balaban J connectivity index is -0.00000000500. The zero-order valence-corrected chi connectivity index (χ0v) is 2.52. The molecule has 0 saturated carbocycles. The molecule has 3 radical (unpaired) electrons. The third-order valence-electron chi connectivity index (χ3n) is 0. The van der Waals surface area contributed by atoms with Crippen molar-refractivity contribution < 1.29 is 10.6 Å². The average Bonchev–Trinajstić information content (AvgIpc) is 1.00. The molecular weight excluding hydrogens is 54.8 g/mol. The number of aliphatic hydroxyl groups excluding tert-OH is 1. The van der Waals surface area contributed by atoms with E-state index in [0.717, 1.165) is 7.11 Å². The molecule has 0 aliphatic heterocycles. The molecule has 0 heterocycles.